The van der Waals surface area contributed by atoms with Crippen LogP contribution in [0, 0.1) is 5.92 Å². The molecule has 3 amide bonds. The van der Waals surface area contributed by atoms with Crippen molar-refractivity contribution in [1.82, 2.24) is 15.1 Å². The van der Waals surface area contributed by atoms with Gasteiger partial charge in [-0.3, -0.25) is 0 Å². The van der Waals surface area contributed by atoms with Gasteiger partial charge in [0.2, 0.25) is 0 Å². The van der Waals surface area contributed by atoms with Crippen molar-refractivity contribution in [3.8, 4) is 0 Å². The molecule has 0 radical (unpaired) electrons. The molecule has 3 fully saturated rings. The number of nitrogens with one attached hydrogen (secondary N) is 1. The molecular formula is C18H30FN3O3. The summed E-state index contributed by atoms with van der Waals surface area (Å²) in [5.74, 6) is -0.0155. The van der Waals surface area contributed by atoms with Crippen molar-refractivity contribution < 1.29 is 18.7 Å². The summed E-state index contributed by atoms with van der Waals surface area (Å²) in [6, 6.07) is 0.0271. The molecule has 3 aliphatic rings. The van der Waals surface area contributed by atoms with Crippen LogP contribution >= 0.6 is 0 Å². The summed E-state index contributed by atoms with van der Waals surface area (Å²) in [5, 5.41) is 2.96. The Hall–Kier alpha value is -1.53. The third kappa shape index (κ3) is 3.85. The maximum absolute atomic E-state index is 14.0. The highest BCUT2D eigenvalue weighted by Gasteiger charge is 2.48. The number of nitrogens with zero attached hydrogens (tertiary/aromatic N) is 2. The van der Waals surface area contributed by atoms with Gasteiger partial charge in [-0.2, -0.15) is 0 Å². The number of fused-ring (bicyclic) bond motifs is 1. The molecular weight excluding hydrogens is 325 g/mol. The van der Waals surface area contributed by atoms with Crippen molar-refractivity contribution in [3.63, 3.8) is 0 Å². The number of hydrogen-bond acceptors (Lipinski definition) is 3. The molecule has 2 heterocycles. The first kappa shape index (κ1) is 18.3. The number of alkyl halides is 1. The Labute approximate surface area is 149 Å². The summed E-state index contributed by atoms with van der Waals surface area (Å²) in [6.07, 6.45) is 1.46. The Balaban J connectivity index is 1.59. The second-order valence-electron chi connectivity index (χ2n) is 8.69. The number of halogens is 1. The fraction of sp³-hybridized carbons (Fsp3) is 0.889. The number of ether oxygens (including phenoxy) is 1. The Morgan fingerprint density at radius 1 is 1.24 bits per heavy atom. The molecule has 1 aliphatic carbocycles. The number of hydrogen-bond donors (Lipinski definition) is 1. The summed E-state index contributed by atoms with van der Waals surface area (Å²) in [4.78, 5) is 28.3. The molecule has 0 bridgehead atoms. The predicted molar refractivity (Wildman–Crippen MR) is 92.1 cm³/mol. The smallest absolute Gasteiger partial charge is 0.410 e. The first-order valence-corrected chi connectivity index (χ1v) is 9.36. The van der Waals surface area contributed by atoms with E-state index in [0.29, 0.717) is 25.9 Å². The topological polar surface area (TPSA) is 61.9 Å². The van der Waals surface area contributed by atoms with E-state index in [1.165, 1.54) is 0 Å². The van der Waals surface area contributed by atoms with Crippen LogP contribution in [0.25, 0.3) is 0 Å². The number of carbonyl (C=O) groups is 2. The summed E-state index contributed by atoms with van der Waals surface area (Å²) in [6.45, 7) is 8.66. The lowest BCUT2D eigenvalue weighted by atomic mass is 9.81. The van der Waals surface area contributed by atoms with Gasteiger partial charge in [-0.25, -0.2) is 14.0 Å². The minimum atomic E-state index is -0.837. The van der Waals surface area contributed by atoms with E-state index in [2.05, 4.69) is 5.32 Å². The van der Waals surface area contributed by atoms with Crippen LogP contribution in [0.1, 0.15) is 53.4 Å². The van der Waals surface area contributed by atoms with Gasteiger partial charge in [0.25, 0.3) is 0 Å². The largest absolute Gasteiger partial charge is 0.444 e. The molecule has 4 atom stereocenters. The molecule has 3 rings (SSSR count). The van der Waals surface area contributed by atoms with E-state index in [1.807, 2.05) is 32.6 Å². The zero-order valence-corrected chi connectivity index (χ0v) is 15.6. The van der Waals surface area contributed by atoms with E-state index in [1.54, 1.807) is 4.90 Å². The summed E-state index contributed by atoms with van der Waals surface area (Å²) in [5.41, 5.74) is -0.503. The standard InChI is InChI=1S/C18H30FN3O3/c1-11-9-15-14(10-13(11)19)20-16(23)22(15)12-5-7-21(8-6-12)17(24)25-18(2,3)4/h11-15H,5-10H2,1-4H3,(H,20,23). The average Bonchev–Trinajstić information content (AvgIpc) is 2.81. The van der Waals surface area contributed by atoms with E-state index >= 15 is 0 Å². The molecule has 7 heteroatoms. The average molecular weight is 355 g/mol. The Bertz CT molecular complexity index is 528. The van der Waals surface area contributed by atoms with Crippen molar-refractivity contribution in [3.05, 3.63) is 0 Å². The number of piperidine rings is 1. The molecule has 25 heavy (non-hydrogen) atoms. The molecule has 2 aliphatic heterocycles. The van der Waals surface area contributed by atoms with Crippen molar-refractivity contribution in [2.45, 2.75) is 83.3 Å². The maximum Gasteiger partial charge on any atom is 0.410 e. The van der Waals surface area contributed by atoms with E-state index < -0.39 is 11.8 Å². The lowest BCUT2D eigenvalue weighted by molar-refractivity contribution is 0.0133. The van der Waals surface area contributed by atoms with Gasteiger partial charge in [-0.05, 0) is 46.0 Å². The molecule has 6 nitrogen and oxygen atoms in total. The molecule has 0 aromatic carbocycles. The van der Waals surface area contributed by atoms with Gasteiger partial charge in [-0.15, -0.1) is 0 Å². The highest BCUT2D eigenvalue weighted by molar-refractivity contribution is 5.78. The molecule has 0 spiro atoms. The fourth-order valence-corrected chi connectivity index (χ4v) is 4.26. The molecule has 4 unspecified atom stereocenters. The van der Waals surface area contributed by atoms with Crippen LogP contribution in [-0.2, 0) is 4.74 Å². The fourth-order valence-electron chi connectivity index (χ4n) is 4.26. The van der Waals surface area contributed by atoms with Gasteiger partial charge in [0.15, 0.2) is 0 Å². The van der Waals surface area contributed by atoms with E-state index in [0.717, 1.165) is 12.8 Å². The lowest BCUT2D eigenvalue weighted by Gasteiger charge is -2.42. The summed E-state index contributed by atoms with van der Waals surface area (Å²) in [7, 11) is 0. The minimum Gasteiger partial charge on any atom is -0.444 e. The minimum absolute atomic E-state index is 0.0155. The van der Waals surface area contributed by atoms with Crippen LogP contribution in [0.3, 0.4) is 0 Å². The van der Waals surface area contributed by atoms with Crippen LogP contribution in [-0.4, -0.2) is 64.9 Å². The number of carbonyl (C=O) groups excluding carboxylic acids is 2. The molecule has 2 saturated heterocycles. The van der Waals surface area contributed by atoms with Crippen molar-refractivity contribution in [1.29, 1.82) is 0 Å². The number of urea groups is 1. The van der Waals surface area contributed by atoms with E-state index in [-0.39, 0.29) is 36.2 Å². The van der Waals surface area contributed by atoms with Crippen LogP contribution in [0.15, 0.2) is 0 Å². The lowest BCUT2D eigenvalue weighted by Crippen LogP contribution is -2.52. The summed E-state index contributed by atoms with van der Waals surface area (Å²) < 4.78 is 19.4. The van der Waals surface area contributed by atoms with Gasteiger partial charge in [0, 0.05) is 25.6 Å². The van der Waals surface area contributed by atoms with Gasteiger partial charge < -0.3 is 19.9 Å². The van der Waals surface area contributed by atoms with Crippen molar-refractivity contribution >= 4 is 12.1 Å². The Kier molecular flexibility index (Phi) is 4.86. The van der Waals surface area contributed by atoms with Gasteiger partial charge >= 0.3 is 12.1 Å². The second kappa shape index (κ2) is 6.65. The van der Waals surface area contributed by atoms with Crippen molar-refractivity contribution in [2.24, 2.45) is 5.92 Å². The third-order valence-corrected chi connectivity index (χ3v) is 5.58. The monoisotopic (exact) mass is 355 g/mol. The third-order valence-electron chi connectivity index (χ3n) is 5.58. The molecule has 1 saturated carbocycles. The summed E-state index contributed by atoms with van der Waals surface area (Å²) >= 11 is 0. The molecule has 142 valence electrons. The highest BCUT2D eigenvalue weighted by atomic mass is 19.1. The van der Waals surface area contributed by atoms with Crippen molar-refractivity contribution in [2.75, 3.05) is 13.1 Å². The van der Waals surface area contributed by atoms with Gasteiger partial charge in [0.1, 0.15) is 11.8 Å². The zero-order valence-electron chi connectivity index (χ0n) is 15.6. The normalized spacial score (nSPS) is 33.9. The first-order chi connectivity index (χ1) is 11.7. The first-order valence-electron chi connectivity index (χ1n) is 9.36. The molecule has 0 aromatic heterocycles. The zero-order chi connectivity index (χ0) is 18.4. The number of likely N-dealkylation sites (tertiary alicyclic amines) is 1. The molecule has 0 aromatic rings. The van der Waals surface area contributed by atoms with Crippen LogP contribution < -0.4 is 5.32 Å². The Morgan fingerprint density at radius 2 is 1.88 bits per heavy atom. The molecule has 1 N–H and O–H groups in total. The SMILES string of the molecule is CC1CC2C(CC1F)NC(=O)N2C1CCN(C(=O)OC(C)(C)C)CC1. The maximum atomic E-state index is 14.0. The van der Waals surface area contributed by atoms with Crippen LogP contribution in [0.4, 0.5) is 14.0 Å². The number of rotatable bonds is 1. The highest BCUT2D eigenvalue weighted by Crippen LogP contribution is 2.36. The second-order valence-corrected chi connectivity index (χ2v) is 8.69. The van der Waals surface area contributed by atoms with E-state index in [4.69, 9.17) is 4.74 Å². The Morgan fingerprint density at radius 3 is 2.48 bits per heavy atom. The van der Waals surface area contributed by atoms with Crippen LogP contribution in [0.5, 0.6) is 0 Å². The predicted octanol–water partition coefficient (Wildman–Crippen LogP) is 2.92. The quantitative estimate of drug-likeness (QED) is 0.787. The van der Waals surface area contributed by atoms with Gasteiger partial charge in [0.05, 0.1) is 12.1 Å². The van der Waals surface area contributed by atoms with E-state index in [9.17, 15) is 14.0 Å². The number of amides is 3. The van der Waals surface area contributed by atoms with Gasteiger partial charge in [-0.1, -0.05) is 6.92 Å². The van der Waals surface area contributed by atoms with Crippen LogP contribution in [0.2, 0.25) is 0 Å².